The average Bonchev–Trinajstić information content (AvgIpc) is 3.48. The van der Waals surface area contributed by atoms with Crippen LogP contribution in [-0.4, -0.2) is 45.3 Å². The summed E-state index contributed by atoms with van der Waals surface area (Å²) in [7, 11) is 0. The van der Waals surface area contributed by atoms with Crippen molar-refractivity contribution in [3.8, 4) is 11.4 Å². The lowest BCUT2D eigenvalue weighted by Crippen LogP contribution is -2.39. The van der Waals surface area contributed by atoms with Crippen LogP contribution in [0.5, 0.6) is 0 Å². The van der Waals surface area contributed by atoms with Crippen LogP contribution in [0.15, 0.2) is 62.2 Å². The van der Waals surface area contributed by atoms with Gasteiger partial charge in [-0.05, 0) is 55.5 Å². The molecule has 9 nitrogen and oxygen atoms in total. The molecule has 2 aliphatic heterocycles. The van der Waals surface area contributed by atoms with Gasteiger partial charge in [-0.25, -0.2) is 4.90 Å². The first-order chi connectivity index (χ1) is 15.5. The molecule has 1 saturated heterocycles. The summed E-state index contributed by atoms with van der Waals surface area (Å²) >= 11 is 1.54. The van der Waals surface area contributed by atoms with E-state index < -0.39 is 12.1 Å². The van der Waals surface area contributed by atoms with Crippen LogP contribution in [0.1, 0.15) is 17.0 Å². The molecule has 1 fully saturated rings. The van der Waals surface area contributed by atoms with E-state index in [9.17, 15) is 9.59 Å². The number of aryl methyl sites for hydroxylation is 2. The molecule has 0 saturated carbocycles. The molecule has 3 aromatic rings. The topological polar surface area (TPSA) is 104 Å². The number of nitrogens with zero attached hydrogens (tertiary/aromatic N) is 6. The van der Waals surface area contributed by atoms with Gasteiger partial charge < -0.3 is 4.52 Å². The van der Waals surface area contributed by atoms with Gasteiger partial charge in [-0.15, -0.1) is 11.8 Å². The van der Waals surface area contributed by atoms with Gasteiger partial charge in [0.25, 0.3) is 11.8 Å². The molecule has 0 bridgehead atoms. The maximum absolute atomic E-state index is 13.2. The molecule has 0 radical (unpaired) electrons. The van der Waals surface area contributed by atoms with Crippen LogP contribution < -0.4 is 4.90 Å². The molecule has 0 spiro atoms. The second-order valence-corrected chi connectivity index (χ2v) is 8.60. The minimum Gasteiger partial charge on any atom is -0.337 e. The fourth-order valence-electron chi connectivity index (χ4n) is 3.81. The van der Waals surface area contributed by atoms with Gasteiger partial charge in [0.05, 0.1) is 5.69 Å². The third kappa shape index (κ3) is 3.36. The molecular weight excluding hydrogens is 428 g/mol. The van der Waals surface area contributed by atoms with E-state index in [4.69, 9.17) is 4.52 Å². The van der Waals surface area contributed by atoms with Crippen LogP contribution in [0.25, 0.3) is 11.4 Å². The Balaban J connectivity index is 1.36. The lowest BCUT2D eigenvalue weighted by Gasteiger charge is -2.19. The van der Waals surface area contributed by atoms with E-state index in [2.05, 4.69) is 20.5 Å². The van der Waals surface area contributed by atoms with Crippen LogP contribution in [0.3, 0.4) is 0 Å². The minimum absolute atomic E-state index is 0.0836. The largest absolute Gasteiger partial charge is 0.337 e. The molecule has 32 heavy (non-hydrogen) atoms. The minimum atomic E-state index is -0.873. The molecule has 2 aliphatic rings. The summed E-state index contributed by atoms with van der Waals surface area (Å²) in [6, 6.07) is 11.5. The smallest absolute Gasteiger partial charge is 0.263 e. The highest BCUT2D eigenvalue weighted by molar-refractivity contribution is 7.98. The molecule has 3 heterocycles. The van der Waals surface area contributed by atoms with Crippen molar-refractivity contribution >= 4 is 29.3 Å². The summed E-state index contributed by atoms with van der Waals surface area (Å²) < 4.78 is 5.39. The van der Waals surface area contributed by atoms with Gasteiger partial charge in [0, 0.05) is 10.5 Å². The molecular formula is C22H20N6O3S. The van der Waals surface area contributed by atoms with Crippen molar-refractivity contribution in [3.05, 3.63) is 59.5 Å². The first-order valence-corrected chi connectivity index (χ1v) is 11.3. The number of aromatic nitrogens is 2. The van der Waals surface area contributed by atoms with E-state index in [1.807, 2.05) is 56.5 Å². The van der Waals surface area contributed by atoms with E-state index in [0.29, 0.717) is 17.4 Å². The number of rotatable bonds is 5. The predicted octanol–water partition coefficient (Wildman–Crippen LogP) is 3.57. The second-order valence-electron chi connectivity index (χ2n) is 7.72. The number of anilines is 1. The predicted molar refractivity (Wildman–Crippen MR) is 118 cm³/mol. The van der Waals surface area contributed by atoms with Crippen LogP contribution in [-0.2, 0) is 16.1 Å². The Kier molecular flexibility index (Phi) is 5.01. The van der Waals surface area contributed by atoms with E-state index in [-0.39, 0.29) is 18.4 Å². The number of imide groups is 1. The van der Waals surface area contributed by atoms with Crippen LogP contribution >= 0.6 is 11.8 Å². The van der Waals surface area contributed by atoms with Crippen LogP contribution in [0, 0.1) is 13.8 Å². The standard InChI is InChI=1S/C22H20N6O3S/c1-12-7-8-14(9-13(12)2)20-23-17(31-25-20)11-27-19-18(24-26-27)21(29)28(22(19)30)15-5-4-6-16(10-15)32-3/h4-10,18-19H,11H2,1-3H3. The van der Waals surface area contributed by atoms with Gasteiger partial charge in [-0.2, -0.15) is 10.1 Å². The van der Waals surface area contributed by atoms with Crippen molar-refractivity contribution in [1.82, 2.24) is 15.1 Å². The summed E-state index contributed by atoms with van der Waals surface area (Å²) in [6.07, 6.45) is 1.94. The summed E-state index contributed by atoms with van der Waals surface area (Å²) in [5, 5.41) is 13.6. The molecule has 2 unspecified atom stereocenters. The molecule has 10 heteroatoms. The Hall–Kier alpha value is -3.53. The Bertz CT molecular complexity index is 1260. The normalized spacial score (nSPS) is 19.8. The fourth-order valence-corrected chi connectivity index (χ4v) is 4.27. The van der Waals surface area contributed by atoms with Crippen molar-refractivity contribution in [1.29, 1.82) is 0 Å². The van der Waals surface area contributed by atoms with E-state index >= 15 is 0 Å². The van der Waals surface area contributed by atoms with Gasteiger partial charge in [0.1, 0.15) is 6.54 Å². The van der Waals surface area contributed by atoms with Crippen LogP contribution in [0.2, 0.25) is 0 Å². The van der Waals surface area contributed by atoms with Crippen LogP contribution in [0.4, 0.5) is 5.69 Å². The molecule has 1 aromatic heterocycles. The number of hydrogen-bond donors (Lipinski definition) is 0. The first kappa shape index (κ1) is 20.4. The Morgan fingerprint density at radius 1 is 1.06 bits per heavy atom. The summed E-state index contributed by atoms with van der Waals surface area (Å²) in [5.41, 5.74) is 3.69. The number of amides is 2. The van der Waals surface area contributed by atoms with Gasteiger partial charge in [0.2, 0.25) is 11.7 Å². The SMILES string of the molecule is CSc1cccc(N2C(=O)C3N=NN(Cc4nc(-c5ccc(C)c(C)c5)no4)C3C2=O)c1. The fraction of sp³-hybridized carbons (Fsp3) is 0.273. The number of carbonyl (C=O) groups is 2. The molecule has 5 rings (SSSR count). The lowest BCUT2D eigenvalue weighted by atomic mass is 10.1. The van der Waals surface area contributed by atoms with Gasteiger partial charge >= 0.3 is 0 Å². The van der Waals surface area contributed by atoms with Gasteiger partial charge in [-0.3, -0.25) is 14.6 Å². The molecule has 2 aromatic carbocycles. The van der Waals surface area contributed by atoms with E-state index in [1.165, 1.54) is 15.5 Å². The van der Waals surface area contributed by atoms with Crippen molar-refractivity contribution in [2.45, 2.75) is 37.4 Å². The monoisotopic (exact) mass is 448 g/mol. The maximum atomic E-state index is 13.2. The molecule has 162 valence electrons. The number of fused-ring (bicyclic) bond motifs is 1. The van der Waals surface area contributed by atoms with Gasteiger partial charge in [0.15, 0.2) is 12.1 Å². The number of thioether (sulfide) groups is 1. The molecule has 2 amide bonds. The number of benzene rings is 2. The summed E-state index contributed by atoms with van der Waals surface area (Å²) in [4.78, 5) is 32.7. The quantitative estimate of drug-likeness (QED) is 0.434. The zero-order valence-electron chi connectivity index (χ0n) is 17.7. The zero-order valence-corrected chi connectivity index (χ0v) is 18.5. The highest BCUT2D eigenvalue weighted by atomic mass is 32.2. The van der Waals surface area contributed by atoms with Crippen molar-refractivity contribution in [2.24, 2.45) is 10.3 Å². The molecule has 2 atom stereocenters. The molecule has 0 aliphatic carbocycles. The van der Waals surface area contributed by atoms with Gasteiger partial charge in [-0.1, -0.05) is 28.6 Å². The first-order valence-electron chi connectivity index (χ1n) is 10.1. The van der Waals surface area contributed by atoms with E-state index in [0.717, 1.165) is 16.0 Å². The highest BCUT2D eigenvalue weighted by Crippen LogP contribution is 2.34. The third-order valence-electron chi connectivity index (χ3n) is 5.70. The third-order valence-corrected chi connectivity index (χ3v) is 6.43. The van der Waals surface area contributed by atoms with Crippen molar-refractivity contribution in [3.63, 3.8) is 0 Å². The van der Waals surface area contributed by atoms with Crippen molar-refractivity contribution in [2.75, 3.05) is 11.2 Å². The maximum Gasteiger partial charge on any atom is 0.263 e. The summed E-state index contributed by atoms with van der Waals surface area (Å²) in [5.74, 6) is 0.00373. The zero-order chi connectivity index (χ0) is 22.4. The number of carbonyl (C=O) groups excluding carboxylic acids is 2. The lowest BCUT2D eigenvalue weighted by molar-refractivity contribution is -0.123. The number of hydrogen-bond acceptors (Lipinski definition) is 9. The average molecular weight is 449 g/mol. The summed E-state index contributed by atoms with van der Waals surface area (Å²) in [6.45, 7) is 4.14. The second kappa shape index (κ2) is 7.86. The Labute approximate surface area is 188 Å². The molecule has 0 N–H and O–H groups in total. The Morgan fingerprint density at radius 3 is 2.69 bits per heavy atom. The Morgan fingerprint density at radius 2 is 1.91 bits per heavy atom. The highest BCUT2D eigenvalue weighted by Gasteiger charge is 2.55. The van der Waals surface area contributed by atoms with Crippen molar-refractivity contribution < 1.29 is 14.1 Å². The van der Waals surface area contributed by atoms with E-state index in [1.54, 1.807) is 17.8 Å².